The fourth-order valence-corrected chi connectivity index (χ4v) is 7.19. The third-order valence-corrected chi connectivity index (χ3v) is 9.72. The number of ether oxygens (including phenoxy) is 2. The first-order valence-corrected chi connectivity index (χ1v) is 17.5. The topological polar surface area (TPSA) is 61.0 Å². The van der Waals surface area contributed by atoms with Crippen LogP contribution in [0.5, 0.6) is 11.5 Å². The summed E-state index contributed by atoms with van der Waals surface area (Å²) in [7, 11) is 3.24. The van der Waals surface area contributed by atoms with Crippen LogP contribution in [0.2, 0.25) is 10.0 Å². The molecule has 0 fully saturated rings. The predicted molar refractivity (Wildman–Crippen MR) is 211 cm³/mol. The number of rotatable bonds is 9. The average Bonchev–Trinajstić information content (AvgIpc) is 3.80. The van der Waals surface area contributed by atoms with E-state index in [1.54, 1.807) is 26.4 Å². The molecule has 8 rings (SSSR count). The molecule has 0 saturated carbocycles. The van der Waals surface area contributed by atoms with Crippen LogP contribution in [0.4, 0.5) is 0 Å². The van der Waals surface area contributed by atoms with Crippen molar-refractivity contribution in [2.45, 2.75) is 5.79 Å². The van der Waals surface area contributed by atoms with Crippen LogP contribution < -0.4 is 9.47 Å². The highest BCUT2D eigenvalue weighted by atomic mass is 35.5. The quantitative estimate of drug-likeness (QED) is 0.149. The summed E-state index contributed by atoms with van der Waals surface area (Å²) >= 11 is 14.5. The highest BCUT2D eigenvalue weighted by Crippen LogP contribution is 2.49. The van der Waals surface area contributed by atoms with E-state index in [1.807, 2.05) is 121 Å². The SMILES string of the molecule is COc1ccc(-c2nc(-c3ccccc3)c(-c3ccccc3)n2C2(c3ccc(OC)cc3Cl)N=C(c3ccccc3)C(c3ccccc3)=N2)c(Cl)c1. The Hall–Kier alpha value is -5.95. The number of benzene rings is 6. The van der Waals surface area contributed by atoms with Crippen LogP contribution in [-0.2, 0) is 5.79 Å². The molecular weight excluding hydrogens is 687 g/mol. The van der Waals surface area contributed by atoms with E-state index in [0.717, 1.165) is 33.6 Å². The molecule has 7 aromatic rings. The van der Waals surface area contributed by atoms with Gasteiger partial charge in [0.05, 0.1) is 47.1 Å². The van der Waals surface area contributed by atoms with Gasteiger partial charge >= 0.3 is 0 Å². The molecule has 1 aromatic heterocycles. The zero-order valence-corrected chi connectivity index (χ0v) is 29.9. The van der Waals surface area contributed by atoms with Crippen molar-refractivity contribution in [3.63, 3.8) is 0 Å². The highest BCUT2D eigenvalue weighted by molar-refractivity contribution is 6.54. The van der Waals surface area contributed by atoms with Crippen molar-refractivity contribution >= 4 is 34.6 Å². The minimum absolute atomic E-state index is 0.425. The molecule has 1 aliphatic heterocycles. The summed E-state index contributed by atoms with van der Waals surface area (Å²) in [6.45, 7) is 0. The molecule has 6 aromatic carbocycles. The normalized spacial score (nSPS) is 13.4. The standard InChI is InChI=1S/C44H32Cl2N4O2/c1-51-33-23-25-35(37(45)27-33)43-47-41(31-19-11-5-12-20-31)42(32-21-13-6-14-22-32)50(43)44(36-26-24-34(52-2)28-38(36)46)48-39(29-15-7-3-8-16-29)40(49-44)30-17-9-4-10-18-30/h3-28H,1-2H3. The van der Waals surface area contributed by atoms with Crippen molar-refractivity contribution in [3.8, 4) is 45.4 Å². The molecule has 52 heavy (non-hydrogen) atoms. The lowest BCUT2D eigenvalue weighted by Gasteiger charge is -2.30. The van der Waals surface area contributed by atoms with Crippen molar-refractivity contribution in [1.82, 2.24) is 9.55 Å². The summed E-state index contributed by atoms with van der Waals surface area (Å²) < 4.78 is 13.3. The fraction of sp³-hybridized carbons (Fsp3) is 0.0682. The second-order valence-electron chi connectivity index (χ2n) is 12.2. The van der Waals surface area contributed by atoms with E-state index in [0.29, 0.717) is 49.9 Å². The van der Waals surface area contributed by atoms with E-state index < -0.39 is 5.79 Å². The summed E-state index contributed by atoms with van der Waals surface area (Å²) in [5.74, 6) is 0.273. The summed E-state index contributed by atoms with van der Waals surface area (Å²) in [6, 6.07) is 51.7. The molecule has 0 amide bonds. The van der Waals surface area contributed by atoms with Crippen molar-refractivity contribution < 1.29 is 9.47 Å². The lowest BCUT2D eigenvalue weighted by molar-refractivity contribution is 0.402. The van der Waals surface area contributed by atoms with Crippen LogP contribution in [-0.4, -0.2) is 35.2 Å². The Balaban J connectivity index is 1.58. The Kier molecular flexibility index (Phi) is 8.93. The molecule has 8 heteroatoms. The number of aromatic nitrogens is 2. The molecule has 0 spiro atoms. The summed E-state index contributed by atoms with van der Waals surface area (Å²) in [5.41, 5.74) is 7.88. The number of methoxy groups -OCH3 is 2. The fourth-order valence-electron chi connectivity index (χ4n) is 6.64. The maximum absolute atomic E-state index is 7.31. The van der Waals surface area contributed by atoms with Crippen molar-refractivity contribution in [3.05, 3.63) is 184 Å². The lowest BCUT2D eigenvalue weighted by Crippen LogP contribution is -2.32. The predicted octanol–water partition coefficient (Wildman–Crippen LogP) is 10.9. The van der Waals surface area contributed by atoms with Gasteiger partial charge < -0.3 is 9.47 Å². The zero-order chi connectivity index (χ0) is 35.7. The van der Waals surface area contributed by atoms with E-state index in [4.69, 9.17) is 47.6 Å². The van der Waals surface area contributed by atoms with Crippen molar-refractivity contribution in [2.24, 2.45) is 9.98 Å². The smallest absolute Gasteiger partial charge is 0.263 e. The van der Waals surface area contributed by atoms with Gasteiger partial charge in [0.2, 0.25) is 0 Å². The molecule has 2 heterocycles. The molecule has 0 radical (unpaired) electrons. The molecule has 0 unspecified atom stereocenters. The van der Waals surface area contributed by atoms with Gasteiger partial charge in [0.25, 0.3) is 5.79 Å². The Morgan fingerprint density at radius 2 is 0.981 bits per heavy atom. The molecule has 1 aliphatic rings. The molecule has 6 nitrogen and oxygen atoms in total. The van der Waals surface area contributed by atoms with Gasteiger partial charge in [-0.1, -0.05) is 145 Å². The van der Waals surface area contributed by atoms with E-state index in [9.17, 15) is 0 Å². The van der Waals surface area contributed by atoms with Gasteiger partial charge in [0.15, 0.2) is 0 Å². The van der Waals surface area contributed by atoms with Crippen LogP contribution in [0.25, 0.3) is 33.9 Å². The maximum atomic E-state index is 7.31. The molecule has 0 aliphatic carbocycles. The third kappa shape index (κ3) is 5.86. The van der Waals surface area contributed by atoms with E-state index in [-0.39, 0.29) is 0 Å². The summed E-state index contributed by atoms with van der Waals surface area (Å²) in [4.78, 5) is 16.8. The molecule has 0 saturated heterocycles. The van der Waals surface area contributed by atoms with E-state index in [2.05, 4.69) is 28.8 Å². The van der Waals surface area contributed by atoms with Gasteiger partial charge in [-0.3, -0.25) is 4.57 Å². The van der Waals surface area contributed by atoms with Crippen molar-refractivity contribution in [2.75, 3.05) is 14.2 Å². The largest absolute Gasteiger partial charge is 0.497 e. The second kappa shape index (κ2) is 14.0. The Morgan fingerprint density at radius 1 is 0.519 bits per heavy atom. The maximum Gasteiger partial charge on any atom is 0.263 e. The van der Waals surface area contributed by atoms with Crippen LogP contribution in [0.1, 0.15) is 16.7 Å². The minimum Gasteiger partial charge on any atom is -0.497 e. The number of nitrogens with zero attached hydrogens (tertiary/aromatic N) is 4. The van der Waals surface area contributed by atoms with Gasteiger partial charge in [0, 0.05) is 33.4 Å². The van der Waals surface area contributed by atoms with Crippen LogP contribution >= 0.6 is 23.2 Å². The van der Waals surface area contributed by atoms with Gasteiger partial charge in [-0.05, 0) is 36.4 Å². The number of hydrogen-bond acceptors (Lipinski definition) is 5. The van der Waals surface area contributed by atoms with Crippen LogP contribution in [0.3, 0.4) is 0 Å². The van der Waals surface area contributed by atoms with E-state index >= 15 is 0 Å². The Labute approximate surface area is 312 Å². The van der Waals surface area contributed by atoms with Crippen LogP contribution in [0, 0.1) is 0 Å². The summed E-state index contributed by atoms with van der Waals surface area (Å²) in [5, 5.41) is 0.882. The molecular formula is C44H32Cl2N4O2. The van der Waals surface area contributed by atoms with E-state index in [1.165, 1.54) is 0 Å². The van der Waals surface area contributed by atoms with Gasteiger partial charge in [0.1, 0.15) is 17.3 Å². The highest BCUT2D eigenvalue weighted by Gasteiger charge is 2.46. The first-order valence-electron chi connectivity index (χ1n) is 16.7. The van der Waals surface area contributed by atoms with Gasteiger partial charge in [-0.25, -0.2) is 15.0 Å². The second-order valence-corrected chi connectivity index (χ2v) is 13.0. The molecule has 0 atom stereocenters. The van der Waals surface area contributed by atoms with Crippen molar-refractivity contribution in [1.29, 1.82) is 0 Å². The first-order chi connectivity index (χ1) is 25.5. The molecule has 0 bridgehead atoms. The number of aliphatic imine (C=N–C) groups is 2. The zero-order valence-electron chi connectivity index (χ0n) is 28.4. The molecule has 254 valence electrons. The number of hydrogen-bond donors (Lipinski definition) is 0. The minimum atomic E-state index is -1.51. The first kappa shape index (κ1) is 33.2. The third-order valence-electron chi connectivity index (χ3n) is 9.09. The summed E-state index contributed by atoms with van der Waals surface area (Å²) in [6.07, 6.45) is 0. The van der Waals surface area contributed by atoms with Crippen LogP contribution in [0.15, 0.2) is 168 Å². The molecule has 0 N–H and O–H groups in total. The van der Waals surface area contributed by atoms with Gasteiger partial charge in [-0.2, -0.15) is 0 Å². The Morgan fingerprint density at radius 3 is 1.46 bits per heavy atom. The number of imidazole rings is 1. The Bertz CT molecular complexity index is 2390. The number of halogens is 2. The monoisotopic (exact) mass is 718 g/mol. The average molecular weight is 720 g/mol. The van der Waals surface area contributed by atoms with Gasteiger partial charge in [-0.15, -0.1) is 0 Å². The lowest BCUT2D eigenvalue weighted by atomic mass is 10.0.